The van der Waals surface area contributed by atoms with Crippen molar-refractivity contribution in [3.05, 3.63) is 22.1 Å². The van der Waals surface area contributed by atoms with Crippen LogP contribution in [0.1, 0.15) is 65.7 Å². The molecule has 0 unspecified atom stereocenters. The SMILES string of the molecule is CCCC(=O)[O][Ti]([O]C(=O)CCC)([O]C(=O)CCC)[C]1=CC=CC1. The van der Waals surface area contributed by atoms with Crippen LogP contribution in [0.25, 0.3) is 0 Å². The second-order valence-electron chi connectivity index (χ2n) is 5.55. The van der Waals surface area contributed by atoms with Crippen molar-refractivity contribution in [2.75, 3.05) is 0 Å². The molecular formula is C17H26O6Ti. The second-order valence-corrected chi connectivity index (χ2v) is 9.25. The van der Waals surface area contributed by atoms with Gasteiger partial charge in [-0.15, -0.1) is 0 Å². The zero-order valence-electron chi connectivity index (χ0n) is 14.6. The Morgan fingerprint density at radius 2 is 1.29 bits per heavy atom. The Hall–Kier alpha value is -1.40. The van der Waals surface area contributed by atoms with Crippen LogP contribution in [0.15, 0.2) is 22.1 Å². The molecule has 7 heteroatoms. The molecule has 134 valence electrons. The summed E-state index contributed by atoms with van der Waals surface area (Å²) in [7, 11) is 0. The Balaban J connectivity index is 3.11. The standard InChI is InChI=1S/C5H5.3C4H8O2.Ti/c1-2-4-5-3-1;3*1-2-3-4(5)6;/h1-3H,4H2;3*2-3H2,1H3,(H,5,6);/q;;;;+3/p-3. The van der Waals surface area contributed by atoms with Crippen LogP contribution in [-0.4, -0.2) is 17.9 Å². The van der Waals surface area contributed by atoms with Gasteiger partial charge in [-0.25, -0.2) is 0 Å². The maximum atomic E-state index is 12.1. The summed E-state index contributed by atoms with van der Waals surface area (Å²) in [5, 5.41) is 0. The van der Waals surface area contributed by atoms with Crippen LogP contribution in [0.4, 0.5) is 0 Å². The van der Waals surface area contributed by atoms with Crippen molar-refractivity contribution >= 4 is 17.9 Å². The molecule has 0 saturated carbocycles. The Morgan fingerprint density at radius 1 is 0.875 bits per heavy atom. The van der Waals surface area contributed by atoms with Crippen LogP contribution in [0.2, 0.25) is 0 Å². The quantitative estimate of drug-likeness (QED) is 0.542. The molecule has 0 aromatic rings. The molecule has 0 spiro atoms. The van der Waals surface area contributed by atoms with Gasteiger partial charge < -0.3 is 0 Å². The molecule has 0 N–H and O–H groups in total. The molecule has 0 aromatic carbocycles. The van der Waals surface area contributed by atoms with Crippen LogP contribution >= 0.6 is 0 Å². The molecule has 24 heavy (non-hydrogen) atoms. The van der Waals surface area contributed by atoms with Crippen molar-refractivity contribution in [1.29, 1.82) is 0 Å². The van der Waals surface area contributed by atoms with Crippen molar-refractivity contribution in [3.63, 3.8) is 0 Å². The molecule has 0 amide bonds. The minimum absolute atomic E-state index is 0.185. The number of carbonyl (C=O) groups is 3. The topological polar surface area (TPSA) is 78.9 Å². The van der Waals surface area contributed by atoms with Crippen LogP contribution < -0.4 is 0 Å². The van der Waals surface area contributed by atoms with E-state index in [-0.39, 0.29) is 19.3 Å². The zero-order valence-corrected chi connectivity index (χ0v) is 16.2. The number of allylic oxidation sites excluding steroid dienone is 4. The van der Waals surface area contributed by atoms with E-state index in [2.05, 4.69) is 0 Å². The van der Waals surface area contributed by atoms with E-state index in [0.29, 0.717) is 29.6 Å². The van der Waals surface area contributed by atoms with Crippen molar-refractivity contribution < 1.29 is 42.1 Å². The molecule has 6 nitrogen and oxygen atoms in total. The first-order valence-electron chi connectivity index (χ1n) is 8.49. The first-order valence-corrected chi connectivity index (χ1v) is 11.2. The average molecular weight is 374 g/mol. The van der Waals surface area contributed by atoms with Gasteiger partial charge in [0.1, 0.15) is 0 Å². The summed E-state index contributed by atoms with van der Waals surface area (Å²) >= 11 is -4.55. The first kappa shape index (κ1) is 20.6. The summed E-state index contributed by atoms with van der Waals surface area (Å²) in [6.07, 6.45) is 8.16. The van der Waals surface area contributed by atoms with Gasteiger partial charge in [-0.05, 0) is 0 Å². The van der Waals surface area contributed by atoms with Gasteiger partial charge in [-0.1, -0.05) is 0 Å². The van der Waals surface area contributed by atoms with Crippen LogP contribution in [0, 0.1) is 0 Å². The van der Waals surface area contributed by atoms with E-state index >= 15 is 0 Å². The molecular weight excluding hydrogens is 348 g/mol. The van der Waals surface area contributed by atoms with Crippen LogP contribution in [-0.2, 0) is 42.1 Å². The monoisotopic (exact) mass is 374 g/mol. The Kier molecular flexibility index (Phi) is 9.00. The van der Waals surface area contributed by atoms with Crippen molar-refractivity contribution in [3.8, 4) is 0 Å². The molecule has 0 aromatic heterocycles. The fraction of sp³-hybridized carbons (Fsp3) is 0.588. The second kappa shape index (κ2) is 10.5. The predicted octanol–water partition coefficient (Wildman–Crippen LogP) is 3.76. The van der Waals surface area contributed by atoms with E-state index < -0.39 is 35.7 Å². The third-order valence-electron chi connectivity index (χ3n) is 3.27. The maximum absolute atomic E-state index is 12.1. The van der Waals surface area contributed by atoms with Crippen LogP contribution in [0.5, 0.6) is 0 Å². The van der Waals surface area contributed by atoms with Crippen molar-refractivity contribution in [2.24, 2.45) is 0 Å². The molecule has 0 heterocycles. The average Bonchev–Trinajstić information content (AvgIpc) is 3.02. The molecule has 0 radical (unpaired) electrons. The summed E-state index contributed by atoms with van der Waals surface area (Å²) in [6.45, 7) is 5.54. The molecule has 0 saturated heterocycles. The van der Waals surface area contributed by atoms with Gasteiger partial charge in [0.25, 0.3) is 0 Å². The van der Waals surface area contributed by atoms with Gasteiger partial charge in [0.2, 0.25) is 0 Å². The summed E-state index contributed by atoms with van der Waals surface area (Å²) in [5.74, 6) is -1.50. The summed E-state index contributed by atoms with van der Waals surface area (Å²) in [4.78, 5) is 36.3. The predicted molar refractivity (Wildman–Crippen MR) is 84.8 cm³/mol. The molecule has 1 rings (SSSR count). The summed E-state index contributed by atoms with van der Waals surface area (Å²) < 4.78 is 17.3. The zero-order chi connectivity index (χ0) is 18.0. The Bertz CT molecular complexity index is 473. The molecule has 0 atom stereocenters. The molecule has 0 bridgehead atoms. The van der Waals surface area contributed by atoms with Gasteiger partial charge in [-0.2, -0.15) is 0 Å². The molecule has 0 aliphatic heterocycles. The molecule has 1 aliphatic rings. The summed E-state index contributed by atoms with van der Waals surface area (Å²) in [5.41, 5.74) is 0. The van der Waals surface area contributed by atoms with Crippen LogP contribution in [0.3, 0.4) is 0 Å². The normalized spacial score (nSPS) is 13.4. The van der Waals surface area contributed by atoms with Crippen molar-refractivity contribution in [1.82, 2.24) is 0 Å². The fourth-order valence-electron chi connectivity index (χ4n) is 2.15. The van der Waals surface area contributed by atoms with E-state index in [0.717, 1.165) is 0 Å². The number of carbonyl (C=O) groups excluding carboxylic acids is 3. The third kappa shape index (κ3) is 6.25. The van der Waals surface area contributed by atoms with Gasteiger partial charge in [-0.3, -0.25) is 0 Å². The molecule has 1 aliphatic carbocycles. The van der Waals surface area contributed by atoms with Gasteiger partial charge in [0.15, 0.2) is 0 Å². The van der Waals surface area contributed by atoms with Crippen molar-refractivity contribution in [2.45, 2.75) is 65.7 Å². The van der Waals surface area contributed by atoms with E-state index in [1.165, 1.54) is 0 Å². The van der Waals surface area contributed by atoms with Gasteiger partial charge >= 0.3 is 148 Å². The Labute approximate surface area is 148 Å². The van der Waals surface area contributed by atoms with Gasteiger partial charge in [0, 0.05) is 0 Å². The number of hydrogen-bond donors (Lipinski definition) is 0. The third-order valence-corrected chi connectivity index (χ3v) is 7.40. The van der Waals surface area contributed by atoms with E-state index in [4.69, 9.17) is 9.96 Å². The number of hydrogen-bond acceptors (Lipinski definition) is 6. The first-order chi connectivity index (χ1) is 11.5. The Morgan fingerprint density at radius 3 is 1.58 bits per heavy atom. The van der Waals surface area contributed by atoms with E-state index in [1.54, 1.807) is 12.2 Å². The van der Waals surface area contributed by atoms with Gasteiger partial charge in [0.05, 0.1) is 0 Å². The minimum atomic E-state index is -4.55. The summed E-state index contributed by atoms with van der Waals surface area (Å²) in [6, 6.07) is 0. The fourth-order valence-corrected chi connectivity index (χ4v) is 5.88. The number of rotatable bonds is 10. The van der Waals surface area contributed by atoms with E-state index in [9.17, 15) is 14.4 Å². The van der Waals surface area contributed by atoms with E-state index in [1.807, 2.05) is 26.8 Å². The molecule has 0 fully saturated rings.